The van der Waals surface area contributed by atoms with E-state index in [1.54, 1.807) is 0 Å². The first-order valence-corrected chi connectivity index (χ1v) is 4.75. The monoisotopic (exact) mass is 221 g/mol. The second kappa shape index (κ2) is 2.91. The third-order valence-electron chi connectivity index (χ3n) is 2.23. The molecule has 1 aliphatic carbocycles. The molecule has 0 amide bonds. The van der Waals surface area contributed by atoms with Crippen molar-refractivity contribution in [3.05, 3.63) is 34.3 Å². The van der Waals surface area contributed by atoms with Crippen LogP contribution in [-0.4, -0.2) is 0 Å². The Balaban J connectivity index is 2.21. The second-order valence-electron chi connectivity index (χ2n) is 3.13. The normalized spacial score (nSPS) is 26.3. The summed E-state index contributed by atoms with van der Waals surface area (Å²) in [5.74, 6) is 0.756. The lowest BCUT2D eigenvalue weighted by molar-refractivity contribution is 1.02. The standard InChI is InChI=1S/C10H8BrN/c11-9-3-1-2-7(4-9)10-5-8(10)6-12/h1-4,8,10H,5H2/t8-,10-/m0/s1. The Kier molecular flexibility index (Phi) is 1.90. The van der Waals surface area contributed by atoms with E-state index in [-0.39, 0.29) is 5.92 Å². The molecule has 1 aromatic rings. The van der Waals surface area contributed by atoms with E-state index in [1.807, 2.05) is 12.1 Å². The Hall–Kier alpha value is -0.810. The van der Waals surface area contributed by atoms with Crippen LogP contribution in [0.4, 0.5) is 0 Å². The van der Waals surface area contributed by atoms with Crippen molar-refractivity contribution in [1.82, 2.24) is 0 Å². The lowest BCUT2D eigenvalue weighted by atomic mass is 10.1. The van der Waals surface area contributed by atoms with Crippen LogP contribution in [0.25, 0.3) is 0 Å². The number of hydrogen-bond donors (Lipinski definition) is 0. The predicted molar refractivity (Wildman–Crippen MR) is 50.6 cm³/mol. The summed E-state index contributed by atoms with van der Waals surface area (Å²) >= 11 is 3.42. The van der Waals surface area contributed by atoms with Crippen molar-refractivity contribution >= 4 is 15.9 Å². The van der Waals surface area contributed by atoms with Gasteiger partial charge in [-0.05, 0) is 24.1 Å². The summed E-state index contributed by atoms with van der Waals surface area (Å²) in [6, 6.07) is 10.5. The lowest BCUT2D eigenvalue weighted by Crippen LogP contribution is -1.80. The van der Waals surface area contributed by atoms with Crippen LogP contribution in [0.1, 0.15) is 17.9 Å². The first kappa shape index (κ1) is 7.82. The first-order chi connectivity index (χ1) is 5.81. The minimum Gasteiger partial charge on any atom is -0.198 e. The van der Waals surface area contributed by atoms with Gasteiger partial charge in [-0.2, -0.15) is 5.26 Å². The Labute approximate surface area is 80.1 Å². The Morgan fingerprint density at radius 2 is 2.33 bits per heavy atom. The van der Waals surface area contributed by atoms with E-state index in [1.165, 1.54) is 5.56 Å². The van der Waals surface area contributed by atoms with Gasteiger partial charge in [0.15, 0.2) is 0 Å². The molecule has 60 valence electrons. The molecule has 0 aliphatic heterocycles. The third kappa shape index (κ3) is 1.37. The van der Waals surface area contributed by atoms with Crippen molar-refractivity contribution in [3.63, 3.8) is 0 Å². The van der Waals surface area contributed by atoms with Crippen LogP contribution in [0, 0.1) is 17.2 Å². The molecule has 0 radical (unpaired) electrons. The number of nitriles is 1. The van der Waals surface area contributed by atoms with Crippen molar-refractivity contribution in [3.8, 4) is 6.07 Å². The Bertz CT molecular complexity index is 340. The largest absolute Gasteiger partial charge is 0.198 e. The quantitative estimate of drug-likeness (QED) is 0.716. The van der Waals surface area contributed by atoms with Crippen LogP contribution >= 0.6 is 15.9 Å². The van der Waals surface area contributed by atoms with Gasteiger partial charge in [-0.1, -0.05) is 28.1 Å². The van der Waals surface area contributed by atoms with Crippen molar-refractivity contribution in [2.45, 2.75) is 12.3 Å². The minimum absolute atomic E-state index is 0.263. The Morgan fingerprint density at radius 3 is 2.92 bits per heavy atom. The van der Waals surface area contributed by atoms with E-state index < -0.39 is 0 Å². The topological polar surface area (TPSA) is 23.8 Å². The van der Waals surface area contributed by atoms with E-state index in [4.69, 9.17) is 5.26 Å². The van der Waals surface area contributed by atoms with Gasteiger partial charge in [0.05, 0.1) is 12.0 Å². The zero-order valence-corrected chi connectivity index (χ0v) is 8.08. The molecule has 1 saturated carbocycles. The molecular weight excluding hydrogens is 214 g/mol. The van der Waals surface area contributed by atoms with E-state index >= 15 is 0 Å². The molecule has 12 heavy (non-hydrogen) atoms. The average molecular weight is 222 g/mol. The highest BCUT2D eigenvalue weighted by molar-refractivity contribution is 9.10. The molecule has 2 rings (SSSR count). The maximum absolute atomic E-state index is 8.65. The van der Waals surface area contributed by atoms with Crippen molar-refractivity contribution in [1.29, 1.82) is 5.26 Å². The van der Waals surface area contributed by atoms with Gasteiger partial charge < -0.3 is 0 Å². The van der Waals surface area contributed by atoms with Gasteiger partial charge in [-0.25, -0.2) is 0 Å². The summed E-state index contributed by atoms with van der Waals surface area (Å²) in [4.78, 5) is 0. The van der Waals surface area contributed by atoms with Gasteiger partial charge in [0.2, 0.25) is 0 Å². The molecule has 0 aromatic heterocycles. The van der Waals surface area contributed by atoms with E-state index in [9.17, 15) is 0 Å². The molecule has 1 nitrogen and oxygen atoms in total. The number of nitrogens with zero attached hydrogens (tertiary/aromatic N) is 1. The minimum atomic E-state index is 0.263. The van der Waals surface area contributed by atoms with E-state index in [2.05, 4.69) is 34.1 Å². The Morgan fingerprint density at radius 1 is 1.50 bits per heavy atom. The van der Waals surface area contributed by atoms with Crippen LogP contribution in [0.2, 0.25) is 0 Å². The van der Waals surface area contributed by atoms with Crippen LogP contribution in [0.3, 0.4) is 0 Å². The van der Waals surface area contributed by atoms with Crippen molar-refractivity contribution in [2.75, 3.05) is 0 Å². The molecule has 0 bridgehead atoms. The fourth-order valence-corrected chi connectivity index (χ4v) is 1.86. The van der Waals surface area contributed by atoms with E-state index in [0.717, 1.165) is 10.9 Å². The molecule has 0 heterocycles. The number of halogens is 1. The van der Waals surface area contributed by atoms with Gasteiger partial charge >= 0.3 is 0 Å². The highest BCUT2D eigenvalue weighted by Gasteiger charge is 2.38. The highest BCUT2D eigenvalue weighted by atomic mass is 79.9. The molecule has 2 heteroatoms. The van der Waals surface area contributed by atoms with Gasteiger partial charge in [0.25, 0.3) is 0 Å². The van der Waals surface area contributed by atoms with Crippen molar-refractivity contribution in [2.24, 2.45) is 5.92 Å². The lowest BCUT2D eigenvalue weighted by Gasteiger charge is -1.97. The molecular formula is C10H8BrN. The van der Waals surface area contributed by atoms with Crippen LogP contribution in [-0.2, 0) is 0 Å². The molecule has 0 saturated heterocycles. The number of rotatable bonds is 1. The van der Waals surface area contributed by atoms with Crippen molar-refractivity contribution < 1.29 is 0 Å². The van der Waals surface area contributed by atoms with Crippen LogP contribution in [0.15, 0.2) is 28.7 Å². The van der Waals surface area contributed by atoms with E-state index in [0.29, 0.717) is 5.92 Å². The highest BCUT2D eigenvalue weighted by Crippen LogP contribution is 2.47. The maximum atomic E-state index is 8.65. The summed E-state index contributed by atoms with van der Waals surface area (Å²) in [5, 5.41) is 8.65. The number of hydrogen-bond acceptors (Lipinski definition) is 1. The molecule has 1 aliphatic rings. The molecule has 1 aromatic carbocycles. The fraction of sp³-hybridized carbons (Fsp3) is 0.300. The summed E-state index contributed by atoms with van der Waals surface area (Å²) in [6.07, 6.45) is 1.03. The van der Waals surface area contributed by atoms with Gasteiger partial charge in [0.1, 0.15) is 0 Å². The zero-order chi connectivity index (χ0) is 8.55. The fourth-order valence-electron chi connectivity index (χ4n) is 1.44. The summed E-state index contributed by atoms with van der Waals surface area (Å²) in [6.45, 7) is 0. The summed E-state index contributed by atoms with van der Waals surface area (Å²) < 4.78 is 1.10. The third-order valence-corrected chi connectivity index (χ3v) is 2.73. The van der Waals surface area contributed by atoms with Crippen LogP contribution in [0.5, 0.6) is 0 Å². The van der Waals surface area contributed by atoms with Gasteiger partial charge in [-0.3, -0.25) is 0 Å². The van der Waals surface area contributed by atoms with Gasteiger partial charge in [0, 0.05) is 10.4 Å². The first-order valence-electron chi connectivity index (χ1n) is 3.96. The predicted octanol–water partition coefficient (Wildman–Crippen LogP) is 3.08. The zero-order valence-electron chi connectivity index (χ0n) is 6.50. The molecule has 1 fully saturated rings. The summed E-state index contributed by atoms with van der Waals surface area (Å²) in [7, 11) is 0. The SMILES string of the molecule is N#C[C@@H]1C[C@H]1c1cccc(Br)c1. The average Bonchev–Trinajstić information content (AvgIpc) is 2.83. The molecule has 2 atom stereocenters. The second-order valence-corrected chi connectivity index (χ2v) is 4.05. The van der Waals surface area contributed by atoms with Gasteiger partial charge in [-0.15, -0.1) is 0 Å². The maximum Gasteiger partial charge on any atom is 0.0662 e. The summed E-state index contributed by atoms with van der Waals surface area (Å²) in [5.41, 5.74) is 1.29. The van der Waals surface area contributed by atoms with Crippen LogP contribution < -0.4 is 0 Å². The molecule has 0 unspecified atom stereocenters. The number of benzene rings is 1. The smallest absolute Gasteiger partial charge is 0.0662 e. The molecule has 0 N–H and O–H groups in total. The molecule has 0 spiro atoms.